The number of hydrogen-bond donors (Lipinski definition) is 0. The summed E-state index contributed by atoms with van der Waals surface area (Å²) < 4.78 is 8.13. The third-order valence-electron chi connectivity index (χ3n) is 8.19. The van der Waals surface area contributed by atoms with Crippen LogP contribution in [-0.4, -0.2) is 14.2 Å². The summed E-state index contributed by atoms with van der Waals surface area (Å²) in [4.78, 5) is 0. The molecule has 5 aromatic carbocycles. The molecule has 208 valence electrons. The lowest BCUT2D eigenvalue weighted by molar-refractivity contribution is 0.253. The molecule has 0 radical (unpaired) electrons. The molecule has 0 heterocycles. The Bertz CT molecular complexity index is 1350. The highest BCUT2D eigenvalue weighted by Crippen LogP contribution is 2.62. The van der Waals surface area contributed by atoms with Gasteiger partial charge in [0.1, 0.15) is 23.2 Å². The van der Waals surface area contributed by atoms with Crippen LogP contribution in [0.4, 0.5) is 0 Å². The summed E-state index contributed by atoms with van der Waals surface area (Å²) >= 11 is 0. The Morgan fingerprint density at radius 3 is 1.15 bits per heavy atom. The average molecular weight is 574 g/mol. The normalized spacial score (nSPS) is 13.1. The van der Waals surface area contributed by atoms with Crippen LogP contribution in [0.5, 0.6) is 0 Å². The van der Waals surface area contributed by atoms with Crippen LogP contribution in [0.2, 0.25) is 5.04 Å². The topological polar surface area (TPSA) is 9.23 Å². The first kappa shape index (κ1) is 29.2. The van der Waals surface area contributed by atoms with Gasteiger partial charge >= 0.3 is 0 Å². The Kier molecular flexibility index (Phi) is 9.05. The molecule has 0 aromatic heterocycles. The van der Waals surface area contributed by atoms with Crippen molar-refractivity contribution < 1.29 is 4.43 Å². The first-order chi connectivity index (χ1) is 19.9. The van der Waals surface area contributed by atoms with Crippen molar-refractivity contribution in [1.82, 2.24) is 0 Å². The molecular formula is C38H42OPSi+. The van der Waals surface area contributed by atoms with Crippen molar-refractivity contribution in [2.75, 3.05) is 0 Å². The van der Waals surface area contributed by atoms with Gasteiger partial charge in [0, 0.05) is 6.42 Å². The van der Waals surface area contributed by atoms with Crippen LogP contribution < -0.4 is 26.3 Å². The lowest BCUT2D eigenvalue weighted by Crippen LogP contribution is -2.68. The number of rotatable bonds is 10. The summed E-state index contributed by atoms with van der Waals surface area (Å²) in [6.45, 7) is 9.46. The summed E-state index contributed by atoms with van der Waals surface area (Å²) in [6, 6.07) is 55.8. The van der Waals surface area contributed by atoms with Gasteiger partial charge in [0.05, 0.1) is 0 Å². The van der Waals surface area contributed by atoms with Crippen molar-refractivity contribution in [3.05, 3.63) is 152 Å². The zero-order chi connectivity index (χ0) is 28.8. The average Bonchev–Trinajstić information content (AvgIpc) is 3.02. The van der Waals surface area contributed by atoms with Crippen LogP contribution in [0.25, 0.3) is 0 Å². The van der Waals surface area contributed by atoms with Gasteiger partial charge in [0.25, 0.3) is 8.32 Å². The maximum absolute atomic E-state index is 8.13. The van der Waals surface area contributed by atoms with Gasteiger partial charge in [-0.3, -0.25) is 0 Å². The fourth-order valence-electron chi connectivity index (χ4n) is 6.41. The molecule has 0 aliphatic carbocycles. The van der Waals surface area contributed by atoms with Gasteiger partial charge in [-0.1, -0.05) is 143 Å². The molecule has 0 saturated heterocycles. The van der Waals surface area contributed by atoms with Crippen LogP contribution in [0.3, 0.4) is 0 Å². The SMILES string of the molecule is CCCC(O[Si](c1ccccc1)(c1ccccc1)C(C)(C)C)[P+](c1ccccc1)(c1ccccc1)c1ccccc1. The smallest absolute Gasteiger partial charge is 0.266 e. The zero-order valence-corrected chi connectivity index (χ0v) is 26.7. The molecule has 0 N–H and O–H groups in total. The van der Waals surface area contributed by atoms with E-state index in [0.717, 1.165) is 12.8 Å². The number of hydrogen-bond acceptors (Lipinski definition) is 1. The molecule has 0 fully saturated rings. The molecule has 0 aliphatic heterocycles. The van der Waals surface area contributed by atoms with E-state index >= 15 is 0 Å². The van der Waals surface area contributed by atoms with Crippen LogP contribution >= 0.6 is 7.26 Å². The minimum absolute atomic E-state index is 0.00833. The van der Waals surface area contributed by atoms with Gasteiger partial charge in [0.15, 0.2) is 5.85 Å². The van der Waals surface area contributed by atoms with Gasteiger partial charge in [-0.25, -0.2) is 0 Å². The van der Waals surface area contributed by atoms with E-state index in [1.807, 2.05) is 0 Å². The highest BCUT2D eigenvalue weighted by Gasteiger charge is 2.59. The van der Waals surface area contributed by atoms with Crippen LogP contribution in [0, 0.1) is 0 Å². The maximum atomic E-state index is 8.13. The fourth-order valence-corrected chi connectivity index (χ4v) is 16.5. The van der Waals surface area contributed by atoms with Gasteiger partial charge < -0.3 is 4.43 Å². The van der Waals surface area contributed by atoms with Crippen molar-refractivity contribution in [3.8, 4) is 0 Å². The predicted octanol–water partition coefficient (Wildman–Crippen LogP) is 7.68. The van der Waals surface area contributed by atoms with Gasteiger partial charge in [-0.05, 0) is 58.2 Å². The molecule has 0 bridgehead atoms. The van der Waals surface area contributed by atoms with Gasteiger partial charge in [-0.15, -0.1) is 0 Å². The maximum Gasteiger partial charge on any atom is 0.266 e. The molecule has 1 atom stereocenters. The summed E-state index contributed by atoms with van der Waals surface area (Å²) in [6.07, 6.45) is 2.01. The Labute approximate surface area is 248 Å². The Hall–Kier alpha value is -3.29. The molecule has 1 unspecified atom stereocenters. The molecule has 3 heteroatoms. The summed E-state index contributed by atoms with van der Waals surface area (Å²) in [5.41, 5.74) is 0. The lowest BCUT2D eigenvalue weighted by Gasteiger charge is -2.47. The van der Waals surface area contributed by atoms with Crippen molar-refractivity contribution in [2.24, 2.45) is 0 Å². The van der Waals surface area contributed by atoms with E-state index in [0.29, 0.717) is 0 Å². The molecule has 1 nitrogen and oxygen atoms in total. The summed E-state index contributed by atoms with van der Waals surface area (Å²) in [7, 11) is -5.10. The first-order valence-corrected chi connectivity index (χ1v) is 18.6. The van der Waals surface area contributed by atoms with Crippen molar-refractivity contribution in [3.63, 3.8) is 0 Å². The molecule has 5 rings (SSSR count). The van der Waals surface area contributed by atoms with Crippen LogP contribution in [0.15, 0.2) is 152 Å². The molecule has 0 aliphatic rings. The lowest BCUT2D eigenvalue weighted by atomic mass is 10.2. The van der Waals surface area contributed by atoms with E-state index in [1.54, 1.807) is 0 Å². The van der Waals surface area contributed by atoms with E-state index in [9.17, 15) is 0 Å². The molecule has 5 aromatic rings. The standard InChI is InChI=1S/C38H42OPSi/c1-5-21-37(39-41(38(2,3)4,35-28-17-9-18-29-35)36-30-19-10-20-31-36)40(32-22-11-6-12-23-32,33-24-13-7-14-25-33)34-26-15-8-16-27-34/h6-20,22-31,37H,5,21H2,1-4H3/q+1. The van der Waals surface area contributed by atoms with E-state index in [1.165, 1.54) is 26.3 Å². The Morgan fingerprint density at radius 2 is 0.854 bits per heavy atom. The molecular weight excluding hydrogens is 531 g/mol. The zero-order valence-electron chi connectivity index (χ0n) is 24.8. The van der Waals surface area contributed by atoms with Crippen molar-refractivity contribution in [2.45, 2.75) is 51.4 Å². The van der Waals surface area contributed by atoms with E-state index in [2.05, 4.69) is 179 Å². The minimum Gasteiger partial charge on any atom is -0.373 e. The summed E-state index contributed by atoms with van der Waals surface area (Å²) in [5.74, 6) is -0.00833. The first-order valence-electron chi connectivity index (χ1n) is 14.8. The minimum atomic E-state index is -2.83. The second-order valence-electron chi connectivity index (χ2n) is 11.8. The van der Waals surface area contributed by atoms with Gasteiger partial charge in [-0.2, -0.15) is 0 Å². The molecule has 0 saturated carbocycles. The van der Waals surface area contributed by atoms with Crippen molar-refractivity contribution in [1.29, 1.82) is 0 Å². The second kappa shape index (κ2) is 12.7. The van der Waals surface area contributed by atoms with Crippen molar-refractivity contribution >= 4 is 41.9 Å². The molecule has 41 heavy (non-hydrogen) atoms. The Balaban J connectivity index is 1.87. The largest absolute Gasteiger partial charge is 0.373 e. The second-order valence-corrected chi connectivity index (χ2v) is 19.6. The van der Waals surface area contributed by atoms with Gasteiger partial charge in [0.2, 0.25) is 0 Å². The molecule has 0 amide bonds. The third-order valence-corrected chi connectivity index (χ3v) is 18.0. The van der Waals surface area contributed by atoms with E-state index in [4.69, 9.17) is 4.43 Å². The highest BCUT2D eigenvalue weighted by molar-refractivity contribution is 7.96. The monoisotopic (exact) mass is 573 g/mol. The quantitative estimate of drug-likeness (QED) is 0.123. The predicted molar refractivity (Wildman–Crippen MR) is 183 cm³/mol. The summed E-state index contributed by atoms with van der Waals surface area (Å²) in [5, 5.41) is 6.65. The third kappa shape index (κ3) is 5.49. The number of benzene rings is 5. The van der Waals surface area contributed by atoms with Crippen LogP contribution in [-0.2, 0) is 4.43 Å². The highest BCUT2D eigenvalue weighted by atomic mass is 31.2. The Morgan fingerprint density at radius 1 is 0.537 bits per heavy atom. The van der Waals surface area contributed by atoms with E-state index < -0.39 is 15.6 Å². The van der Waals surface area contributed by atoms with E-state index in [-0.39, 0.29) is 10.9 Å². The fraction of sp³-hybridized carbons (Fsp3) is 0.211. The molecule has 0 spiro atoms. The van der Waals surface area contributed by atoms with Crippen LogP contribution in [0.1, 0.15) is 40.5 Å².